The maximum atomic E-state index is 12.4. The monoisotopic (exact) mass is 352 g/mol. The summed E-state index contributed by atoms with van der Waals surface area (Å²) in [4.78, 5) is 25.5. The molecule has 0 radical (unpaired) electrons. The molecular formula is C17H28N4O4. The van der Waals surface area contributed by atoms with Crippen LogP contribution in [0, 0.1) is 11.3 Å². The molecule has 1 rings (SSSR count). The van der Waals surface area contributed by atoms with Gasteiger partial charge >= 0.3 is 6.09 Å². The van der Waals surface area contributed by atoms with Crippen LogP contribution in [0.3, 0.4) is 0 Å². The number of morpholine rings is 1. The van der Waals surface area contributed by atoms with Gasteiger partial charge in [-0.3, -0.25) is 4.79 Å². The second-order valence-electron chi connectivity index (χ2n) is 7.02. The van der Waals surface area contributed by atoms with Crippen molar-refractivity contribution in [1.82, 2.24) is 15.5 Å². The normalized spacial score (nSPS) is 21.3. The number of nitrogens with zero attached hydrogens (tertiary/aromatic N) is 2. The van der Waals surface area contributed by atoms with E-state index < -0.39 is 11.7 Å². The molecule has 8 nitrogen and oxygen atoms in total. The van der Waals surface area contributed by atoms with Gasteiger partial charge in [0, 0.05) is 32.4 Å². The zero-order valence-electron chi connectivity index (χ0n) is 15.6. The summed E-state index contributed by atoms with van der Waals surface area (Å²) >= 11 is 0. The average Bonchev–Trinajstić information content (AvgIpc) is 2.47. The van der Waals surface area contributed by atoms with Crippen molar-refractivity contribution < 1.29 is 19.1 Å². The topological polar surface area (TPSA) is 104 Å². The fraction of sp³-hybridized carbons (Fsp3) is 0.706. The molecule has 140 valence electrons. The minimum absolute atomic E-state index is 0.0265. The largest absolute Gasteiger partial charge is 0.444 e. The third-order valence-corrected chi connectivity index (χ3v) is 3.24. The van der Waals surface area contributed by atoms with Gasteiger partial charge in [0.05, 0.1) is 12.2 Å². The number of ether oxygens (including phenoxy) is 2. The van der Waals surface area contributed by atoms with Crippen molar-refractivity contribution in [2.75, 3.05) is 26.2 Å². The zero-order chi connectivity index (χ0) is 19.0. The highest BCUT2D eigenvalue weighted by Gasteiger charge is 2.27. The molecule has 0 aromatic carbocycles. The molecule has 2 unspecified atom stereocenters. The second-order valence-corrected chi connectivity index (χ2v) is 7.02. The van der Waals surface area contributed by atoms with E-state index in [4.69, 9.17) is 9.47 Å². The van der Waals surface area contributed by atoms with Crippen molar-refractivity contribution in [2.45, 2.75) is 52.4 Å². The lowest BCUT2D eigenvalue weighted by atomic mass is 10.2. The van der Waals surface area contributed by atoms with Crippen LogP contribution in [0.5, 0.6) is 0 Å². The number of rotatable bonds is 5. The highest BCUT2D eigenvalue weighted by Crippen LogP contribution is 2.13. The Labute approximate surface area is 149 Å². The van der Waals surface area contributed by atoms with Gasteiger partial charge in [-0.2, -0.15) is 5.26 Å². The SMILES string of the molecule is CC1CN(C(=O)/C(C#N)=C\NCCNC(=O)OC(C)(C)C)CC(C)O1. The van der Waals surface area contributed by atoms with Gasteiger partial charge in [-0.1, -0.05) is 0 Å². The fourth-order valence-electron chi connectivity index (χ4n) is 2.38. The van der Waals surface area contributed by atoms with E-state index in [1.165, 1.54) is 6.20 Å². The fourth-order valence-corrected chi connectivity index (χ4v) is 2.38. The molecule has 0 aromatic heterocycles. The Morgan fingerprint density at radius 1 is 1.28 bits per heavy atom. The lowest BCUT2D eigenvalue weighted by Gasteiger charge is -2.35. The van der Waals surface area contributed by atoms with Crippen molar-refractivity contribution >= 4 is 12.0 Å². The number of nitriles is 1. The summed E-state index contributed by atoms with van der Waals surface area (Å²) in [7, 11) is 0. The molecule has 8 heteroatoms. The van der Waals surface area contributed by atoms with Crippen molar-refractivity contribution in [2.24, 2.45) is 0 Å². The Bertz CT molecular complexity index is 538. The maximum absolute atomic E-state index is 12.4. The van der Waals surface area contributed by atoms with E-state index >= 15 is 0 Å². The molecule has 0 bridgehead atoms. The van der Waals surface area contributed by atoms with E-state index in [1.807, 2.05) is 19.9 Å². The smallest absolute Gasteiger partial charge is 0.407 e. The van der Waals surface area contributed by atoms with E-state index in [-0.39, 0.29) is 23.7 Å². The van der Waals surface area contributed by atoms with E-state index in [1.54, 1.807) is 25.7 Å². The molecule has 25 heavy (non-hydrogen) atoms. The first-order valence-electron chi connectivity index (χ1n) is 8.37. The number of hydrogen-bond donors (Lipinski definition) is 2. The quantitative estimate of drug-likeness (QED) is 0.437. The van der Waals surface area contributed by atoms with E-state index in [0.717, 1.165) is 0 Å². The predicted molar refractivity (Wildman–Crippen MR) is 92.5 cm³/mol. The summed E-state index contributed by atoms with van der Waals surface area (Å²) in [5.41, 5.74) is -0.525. The zero-order valence-corrected chi connectivity index (χ0v) is 15.6. The first-order valence-corrected chi connectivity index (χ1v) is 8.37. The van der Waals surface area contributed by atoms with Crippen LogP contribution in [0.1, 0.15) is 34.6 Å². The second kappa shape index (κ2) is 9.28. The number of amides is 2. The van der Waals surface area contributed by atoms with Gasteiger partial charge in [0.25, 0.3) is 5.91 Å². The highest BCUT2D eigenvalue weighted by atomic mass is 16.6. The van der Waals surface area contributed by atoms with Crippen LogP contribution in [0.2, 0.25) is 0 Å². The minimum Gasteiger partial charge on any atom is -0.444 e. The number of carbonyl (C=O) groups excluding carboxylic acids is 2. The standard InChI is InChI=1S/C17H28N4O4/c1-12-10-21(11-13(2)24-12)15(22)14(8-18)9-19-6-7-20-16(23)25-17(3,4)5/h9,12-13,19H,6-7,10-11H2,1-5H3,(H,20,23)/b14-9-. The van der Waals surface area contributed by atoms with Crippen LogP contribution in [0.4, 0.5) is 4.79 Å². The van der Waals surface area contributed by atoms with Crippen LogP contribution in [-0.4, -0.2) is 60.9 Å². The molecule has 0 spiro atoms. The van der Waals surface area contributed by atoms with Crippen LogP contribution in [0.25, 0.3) is 0 Å². The Morgan fingerprint density at radius 2 is 1.88 bits per heavy atom. The summed E-state index contributed by atoms with van der Waals surface area (Å²) < 4.78 is 10.7. The molecule has 2 N–H and O–H groups in total. The van der Waals surface area contributed by atoms with Gasteiger partial charge in [-0.15, -0.1) is 0 Å². The molecule has 0 saturated carbocycles. The van der Waals surface area contributed by atoms with Gasteiger partial charge in [0.1, 0.15) is 17.2 Å². The summed E-state index contributed by atoms with van der Waals surface area (Å²) in [5.74, 6) is -0.322. The van der Waals surface area contributed by atoms with Gasteiger partial charge in [-0.05, 0) is 34.6 Å². The number of nitrogens with one attached hydrogen (secondary N) is 2. The van der Waals surface area contributed by atoms with Gasteiger partial charge < -0.3 is 25.0 Å². The lowest BCUT2D eigenvalue weighted by Crippen LogP contribution is -2.48. The van der Waals surface area contributed by atoms with E-state index in [2.05, 4.69) is 10.6 Å². The number of hydrogen-bond acceptors (Lipinski definition) is 6. The number of alkyl carbamates (subject to hydrolysis) is 1. The Morgan fingerprint density at radius 3 is 2.40 bits per heavy atom. The molecule has 1 heterocycles. The van der Waals surface area contributed by atoms with E-state index in [9.17, 15) is 14.9 Å². The summed E-state index contributed by atoms with van der Waals surface area (Å²) in [6.07, 6.45) is 0.757. The van der Waals surface area contributed by atoms with Crippen LogP contribution >= 0.6 is 0 Å². The minimum atomic E-state index is -0.551. The molecule has 2 atom stereocenters. The van der Waals surface area contributed by atoms with E-state index in [0.29, 0.717) is 26.2 Å². The van der Waals surface area contributed by atoms with Crippen molar-refractivity contribution in [3.8, 4) is 6.07 Å². The molecule has 0 aromatic rings. The first kappa shape index (κ1) is 20.8. The summed E-state index contributed by atoms with van der Waals surface area (Å²) in [5, 5.41) is 14.7. The van der Waals surface area contributed by atoms with Crippen molar-refractivity contribution in [3.63, 3.8) is 0 Å². The average molecular weight is 352 g/mol. The van der Waals surface area contributed by atoms with Gasteiger partial charge in [-0.25, -0.2) is 4.79 Å². The van der Waals surface area contributed by atoms with Crippen molar-refractivity contribution in [1.29, 1.82) is 5.26 Å². The predicted octanol–water partition coefficient (Wildman–Crippen LogP) is 1.14. The molecule has 2 amide bonds. The Kier molecular flexibility index (Phi) is 7.71. The summed E-state index contributed by atoms with van der Waals surface area (Å²) in [6.45, 7) is 10.7. The van der Waals surface area contributed by atoms with Gasteiger partial charge in [0.15, 0.2) is 0 Å². The third-order valence-electron chi connectivity index (χ3n) is 3.24. The maximum Gasteiger partial charge on any atom is 0.407 e. The lowest BCUT2D eigenvalue weighted by molar-refractivity contribution is -0.138. The molecular weight excluding hydrogens is 324 g/mol. The molecule has 0 aliphatic carbocycles. The molecule has 1 saturated heterocycles. The van der Waals surface area contributed by atoms with Crippen LogP contribution in [-0.2, 0) is 14.3 Å². The first-order chi connectivity index (χ1) is 11.6. The highest BCUT2D eigenvalue weighted by molar-refractivity contribution is 5.97. The number of carbonyl (C=O) groups is 2. The Hall–Kier alpha value is -2.27. The molecule has 1 fully saturated rings. The molecule has 1 aliphatic rings. The molecule has 1 aliphatic heterocycles. The van der Waals surface area contributed by atoms with Crippen LogP contribution in [0.15, 0.2) is 11.8 Å². The van der Waals surface area contributed by atoms with Crippen LogP contribution < -0.4 is 10.6 Å². The summed E-state index contributed by atoms with van der Waals surface area (Å²) in [6, 6.07) is 1.91. The van der Waals surface area contributed by atoms with Gasteiger partial charge in [0.2, 0.25) is 0 Å². The van der Waals surface area contributed by atoms with Crippen molar-refractivity contribution in [3.05, 3.63) is 11.8 Å². The third kappa shape index (κ3) is 7.90. The Balaban J connectivity index is 2.42.